The Hall–Kier alpha value is -3.26. The monoisotopic (exact) mass is 335 g/mol. The van der Waals surface area contributed by atoms with Gasteiger partial charge in [0.25, 0.3) is 0 Å². The summed E-state index contributed by atoms with van der Waals surface area (Å²) in [4.78, 5) is 10.3. The van der Waals surface area contributed by atoms with E-state index in [1.807, 2.05) is 55.5 Å². The third-order valence-corrected chi connectivity index (χ3v) is 3.48. The minimum Gasteiger partial charge on any atom is -0.397 e. The Morgan fingerprint density at radius 1 is 1.16 bits per heavy atom. The third kappa shape index (κ3) is 5.40. The number of amidine groups is 1. The van der Waals surface area contributed by atoms with Crippen molar-refractivity contribution >= 4 is 12.1 Å². The molecule has 5 nitrogen and oxygen atoms in total. The van der Waals surface area contributed by atoms with Gasteiger partial charge < -0.3 is 15.0 Å². The van der Waals surface area contributed by atoms with Gasteiger partial charge in [-0.05, 0) is 30.5 Å². The standard InChI is InChI=1S/C20H21N3O2/c1-16-9-7-13-18(20(21-2)23-24-3)19(16)15-25-22-14-8-12-17-10-5-4-6-11-17/h4-7,9-11,13-14H,15H2,1-3H3,(H,21,23)/b22-14+. The summed E-state index contributed by atoms with van der Waals surface area (Å²) in [6.07, 6.45) is 1.45. The lowest BCUT2D eigenvalue weighted by Crippen LogP contribution is -2.22. The van der Waals surface area contributed by atoms with Gasteiger partial charge in [0, 0.05) is 23.7 Å². The van der Waals surface area contributed by atoms with Crippen molar-refractivity contribution in [1.29, 1.82) is 0 Å². The first-order chi connectivity index (χ1) is 12.3. The van der Waals surface area contributed by atoms with Crippen molar-refractivity contribution in [3.05, 3.63) is 70.8 Å². The van der Waals surface area contributed by atoms with Gasteiger partial charge in [-0.15, -0.1) is 0 Å². The van der Waals surface area contributed by atoms with E-state index >= 15 is 0 Å². The van der Waals surface area contributed by atoms with Crippen molar-refractivity contribution in [2.45, 2.75) is 13.5 Å². The van der Waals surface area contributed by atoms with Crippen LogP contribution >= 0.6 is 0 Å². The Morgan fingerprint density at radius 2 is 1.96 bits per heavy atom. The zero-order valence-corrected chi connectivity index (χ0v) is 14.6. The Morgan fingerprint density at radius 3 is 2.68 bits per heavy atom. The van der Waals surface area contributed by atoms with Crippen LogP contribution in [-0.2, 0) is 16.3 Å². The molecule has 0 radical (unpaired) electrons. The van der Waals surface area contributed by atoms with Crippen molar-refractivity contribution in [3.8, 4) is 11.8 Å². The van der Waals surface area contributed by atoms with Gasteiger partial charge in [0.15, 0.2) is 5.84 Å². The molecular weight excluding hydrogens is 314 g/mol. The van der Waals surface area contributed by atoms with Crippen LogP contribution in [0.5, 0.6) is 0 Å². The van der Waals surface area contributed by atoms with E-state index in [0.717, 1.165) is 22.3 Å². The molecule has 0 aliphatic heterocycles. The molecule has 0 heterocycles. The summed E-state index contributed by atoms with van der Waals surface area (Å²) in [5, 5.41) is 10.9. The van der Waals surface area contributed by atoms with E-state index in [4.69, 9.17) is 9.68 Å². The molecule has 0 atom stereocenters. The van der Waals surface area contributed by atoms with E-state index in [0.29, 0.717) is 12.4 Å². The minimum atomic E-state index is 0.315. The first kappa shape index (κ1) is 18.1. The fraction of sp³-hybridized carbons (Fsp3) is 0.200. The van der Waals surface area contributed by atoms with E-state index in [-0.39, 0.29) is 0 Å². The lowest BCUT2D eigenvalue weighted by Gasteiger charge is -2.12. The Bertz CT molecular complexity index is 803. The number of aryl methyl sites for hydroxylation is 1. The van der Waals surface area contributed by atoms with Crippen LogP contribution in [-0.4, -0.2) is 26.2 Å². The molecule has 0 unspecified atom stereocenters. The fourth-order valence-electron chi connectivity index (χ4n) is 2.24. The van der Waals surface area contributed by atoms with E-state index in [1.54, 1.807) is 7.05 Å². The van der Waals surface area contributed by atoms with Crippen LogP contribution in [0.15, 0.2) is 58.8 Å². The van der Waals surface area contributed by atoms with Crippen molar-refractivity contribution in [3.63, 3.8) is 0 Å². The number of nitrogens with one attached hydrogen (secondary N) is 1. The predicted molar refractivity (Wildman–Crippen MR) is 100 cm³/mol. The number of benzene rings is 2. The molecule has 25 heavy (non-hydrogen) atoms. The van der Waals surface area contributed by atoms with E-state index in [9.17, 15) is 0 Å². The number of hydrogen-bond donors (Lipinski definition) is 1. The number of nitrogens with zero attached hydrogens (tertiary/aromatic N) is 2. The Balaban J connectivity index is 2.05. The second-order valence-electron chi connectivity index (χ2n) is 5.12. The maximum atomic E-state index is 5.40. The molecule has 0 fully saturated rings. The highest BCUT2D eigenvalue weighted by Crippen LogP contribution is 2.16. The van der Waals surface area contributed by atoms with E-state index in [2.05, 4.69) is 27.5 Å². The lowest BCUT2D eigenvalue weighted by atomic mass is 10.0. The molecule has 1 N–H and O–H groups in total. The van der Waals surface area contributed by atoms with Gasteiger partial charge >= 0.3 is 0 Å². The summed E-state index contributed by atoms with van der Waals surface area (Å²) in [7, 11) is 3.31. The molecule has 2 aromatic rings. The maximum absolute atomic E-state index is 5.40. The highest BCUT2D eigenvalue weighted by atomic mass is 16.6. The average molecular weight is 335 g/mol. The van der Waals surface area contributed by atoms with Crippen LogP contribution in [0.3, 0.4) is 0 Å². The van der Waals surface area contributed by atoms with Crippen LogP contribution in [0.4, 0.5) is 0 Å². The maximum Gasteiger partial charge on any atom is 0.173 e. The van der Waals surface area contributed by atoms with Crippen molar-refractivity contribution in [2.24, 2.45) is 10.3 Å². The largest absolute Gasteiger partial charge is 0.397 e. The van der Waals surface area contributed by atoms with Crippen molar-refractivity contribution in [1.82, 2.24) is 5.32 Å². The van der Waals surface area contributed by atoms with Gasteiger partial charge in [-0.25, -0.2) is 0 Å². The summed E-state index contributed by atoms with van der Waals surface area (Å²) in [5.41, 5.74) is 3.92. The molecule has 0 saturated carbocycles. The highest BCUT2D eigenvalue weighted by molar-refractivity contribution is 5.99. The SMILES string of the molecule is CN/C(=N/OC)c1cccc(C)c1CO/N=C/C#Cc1ccccc1. The number of oxime groups is 2. The van der Waals surface area contributed by atoms with Gasteiger partial charge in [-0.1, -0.05) is 52.6 Å². The van der Waals surface area contributed by atoms with Crippen LogP contribution in [0.2, 0.25) is 0 Å². The average Bonchev–Trinajstić information content (AvgIpc) is 2.64. The minimum absolute atomic E-state index is 0.315. The molecule has 2 aromatic carbocycles. The number of hydrogen-bond acceptors (Lipinski definition) is 4. The van der Waals surface area contributed by atoms with Gasteiger partial charge in [0.05, 0.1) is 0 Å². The molecule has 0 saturated heterocycles. The lowest BCUT2D eigenvalue weighted by molar-refractivity contribution is 0.131. The third-order valence-electron chi connectivity index (χ3n) is 3.48. The van der Waals surface area contributed by atoms with E-state index < -0.39 is 0 Å². The molecule has 0 aliphatic carbocycles. The van der Waals surface area contributed by atoms with Crippen LogP contribution in [0.1, 0.15) is 22.3 Å². The summed E-state index contributed by atoms with van der Waals surface area (Å²) in [6, 6.07) is 15.7. The summed E-state index contributed by atoms with van der Waals surface area (Å²) >= 11 is 0. The molecule has 5 heteroatoms. The molecule has 0 amide bonds. The second-order valence-corrected chi connectivity index (χ2v) is 5.12. The first-order valence-electron chi connectivity index (χ1n) is 7.84. The topological polar surface area (TPSA) is 55.2 Å². The van der Waals surface area contributed by atoms with Gasteiger partial charge in [-0.3, -0.25) is 0 Å². The van der Waals surface area contributed by atoms with Gasteiger partial charge in [0.1, 0.15) is 19.9 Å². The summed E-state index contributed by atoms with van der Waals surface area (Å²) in [5.74, 6) is 6.47. The van der Waals surface area contributed by atoms with E-state index in [1.165, 1.54) is 13.3 Å². The molecule has 0 bridgehead atoms. The van der Waals surface area contributed by atoms with Gasteiger partial charge in [0.2, 0.25) is 0 Å². The Kier molecular flexibility index (Phi) is 7.08. The summed E-state index contributed by atoms with van der Waals surface area (Å²) in [6.45, 7) is 2.33. The molecule has 0 spiro atoms. The Labute approximate surface area is 148 Å². The molecule has 2 rings (SSSR count). The zero-order valence-electron chi connectivity index (χ0n) is 14.6. The van der Waals surface area contributed by atoms with Crippen LogP contribution < -0.4 is 5.32 Å². The second kappa shape index (κ2) is 9.78. The summed E-state index contributed by atoms with van der Waals surface area (Å²) < 4.78 is 0. The van der Waals surface area contributed by atoms with Gasteiger partial charge in [-0.2, -0.15) is 0 Å². The van der Waals surface area contributed by atoms with Crippen LogP contribution in [0, 0.1) is 18.8 Å². The van der Waals surface area contributed by atoms with Crippen LogP contribution in [0.25, 0.3) is 0 Å². The molecular formula is C20H21N3O2. The molecule has 0 aromatic heterocycles. The zero-order chi connectivity index (χ0) is 17.9. The highest BCUT2D eigenvalue weighted by Gasteiger charge is 2.11. The fourth-order valence-corrected chi connectivity index (χ4v) is 2.24. The molecule has 128 valence electrons. The quantitative estimate of drug-likeness (QED) is 0.395. The smallest absolute Gasteiger partial charge is 0.173 e. The predicted octanol–water partition coefficient (Wildman–Crippen LogP) is 3.08. The number of rotatable bonds is 5. The van der Waals surface area contributed by atoms with Crippen molar-refractivity contribution < 1.29 is 9.68 Å². The van der Waals surface area contributed by atoms with Crippen molar-refractivity contribution in [2.75, 3.05) is 14.2 Å². The molecule has 0 aliphatic rings. The first-order valence-corrected chi connectivity index (χ1v) is 7.84. The normalized spacial score (nSPS) is 10.9.